The van der Waals surface area contributed by atoms with Gasteiger partial charge in [0.15, 0.2) is 11.6 Å². The highest BCUT2D eigenvalue weighted by molar-refractivity contribution is 9.09. The first-order chi connectivity index (χ1) is 7.20. The van der Waals surface area contributed by atoms with Gasteiger partial charge in [-0.15, -0.1) is 0 Å². The Morgan fingerprint density at radius 3 is 2.80 bits per heavy atom. The molecular weight excluding hydrogens is 261 g/mol. The summed E-state index contributed by atoms with van der Waals surface area (Å²) in [4.78, 5) is 9.72. The number of aromatic nitrogens is 2. The summed E-state index contributed by atoms with van der Waals surface area (Å²) < 4.78 is 13.7. The lowest BCUT2D eigenvalue weighted by Crippen LogP contribution is -2.26. The zero-order valence-corrected chi connectivity index (χ0v) is 10.6. The molecule has 0 atom stereocenters. The Kier molecular flexibility index (Phi) is 4.94. The van der Waals surface area contributed by atoms with Crippen LogP contribution < -0.4 is 4.90 Å². The Labute approximate surface area is 97.9 Å². The summed E-state index contributed by atoms with van der Waals surface area (Å²) in [7, 11) is 0. The van der Waals surface area contributed by atoms with Crippen LogP contribution in [0.25, 0.3) is 0 Å². The minimum atomic E-state index is -0.311. The zero-order chi connectivity index (χ0) is 11.3. The summed E-state index contributed by atoms with van der Waals surface area (Å²) in [6.07, 6.45) is 2.38. The SMILES string of the molecule is CCN(CCCBr)c1ncnc(C)c1F. The Bertz CT molecular complexity index is 320. The smallest absolute Gasteiger partial charge is 0.186 e. The molecule has 1 rings (SSSR count). The molecule has 0 saturated carbocycles. The molecule has 0 radical (unpaired) electrons. The molecule has 5 heteroatoms. The number of rotatable bonds is 5. The molecule has 0 spiro atoms. The molecule has 0 bridgehead atoms. The number of nitrogens with zero attached hydrogens (tertiary/aromatic N) is 3. The fourth-order valence-corrected chi connectivity index (χ4v) is 1.58. The maximum absolute atomic E-state index is 13.7. The lowest BCUT2D eigenvalue weighted by atomic mass is 10.3. The van der Waals surface area contributed by atoms with Crippen LogP contribution in [0, 0.1) is 12.7 Å². The summed E-state index contributed by atoms with van der Waals surface area (Å²) in [6.45, 7) is 5.19. The minimum Gasteiger partial charge on any atom is -0.354 e. The van der Waals surface area contributed by atoms with Crippen LogP contribution in [0.15, 0.2) is 6.33 Å². The van der Waals surface area contributed by atoms with E-state index in [2.05, 4.69) is 25.9 Å². The molecule has 1 aromatic rings. The van der Waals surface area contributed by atoms with Gasteiger partial charge in [-0.3, -0.25) is 0 Å². The quantitative estimate of drug-likeness (QED) is 0.774. The molecule has 84 valence electrons. The Hall–Kier alpha value is -0.710. The van der Waals surface area contributed by atoms with Crippen molar-refractivity contribution in [1.29, 1.82) is 0 Å². The largest absolute Gasteiger partial charge is 0.354 e. The topological polar surface area (TPSA) is 29.0 Å². The molecule has 0 unspecified atom stereocenters. The van der Waals surface area contributed by atoms with Gasteiger partial charge in [0, 0.05) is 18.4 Å². The average molecular weight is 276 g/mol. The summed E-state index contributed by atoms with van der Waals surface area (Å²) in [5.74, 6) is 0.0971. The number of halogens is 2. The van der Waals surface area contributed by atoms with Gasteiger partial charge in [-0.05, 0) is 20.3 Å². The summed E-state index contributed by atoms with van der Waals surface area (Å²) >= 11 is 3.36. The lowest BCUT2D eigenvalue weighted by molar-refractivity contribution is 0.590. The standard InChI is InChI=1S/C10H15BrFN3/c1-3-15(6-4-5-11)10-9(12)8(2)13-7-14-10/h7H,3-6H2,1-2H3. The van der Waals surface area contributed by atoms with Crippen molar-refractivity contribution in [2.75, 3.05) is 23.3 Å². The molecule has 0 aromatic carbocycles. The van der Waals surface area contributed by atoms with Crippen molar-refractivity contribution in [3.8, 4) is 0 Å². The zero-order valence-electron chi connectivity index (χ0n) is 9.00. The summed E-state index contributed by atoms with van der Waals surface area (Å²) in [6, 6.07) is 0. The van der Waals surface area contributed by atoms with E-state index in [1.54, 1.807) is 6.92 Å². The van der Waals surface area contributed by atoms with Crippen LogP contribution in [0.2, 0.25) is 0 Å². The van der Waals surface area contributed by atoms with Crippen LogP contribution in [-0.2, 0) is 0 Å². The molecule has 0 fully saturated rings. The lowest BCUT2D eigenvalue weighted by Gasteiger charge is -2.21. The predicted molar refractivity (Wildman–Crippen MR) is 63.0 cm³/mol. The van der Waals surface area contributed by atoms with Gasteiger partial charge in [0.1, 0.15) is 6.33 Å². The van der Waals surface area contributed by atoms with Gasteiger partial charge in [0.2, 0.25) is 0 Å². The van der Waals surface area contributed by atoms with Crippen LogP contribution in [-0.4, -0.2) is 28.4 Å². The van der Waals surface area contributed by atoms with Gasteiger partial charge in [-0.1, -0.05) is 15.9 Å². The second-order valence-corrected chi connectivity index (χ2v) is 4.01. The molecule has 1 heterocycles. The number of aryl methyl sites for hydroxylation is 1. The van der Waals surface area contributed by atoms with Gasteiger partial charge in [-0.25, -0.2) is 14.4 Å². The molecule has 0 aliphatic heterocycles. The van der Waals surface area contributed by atoms with Gasteiger partial charge in [0.25, 0.3) is 0 Å². The second-order valence-electron chi connectivity index (χ2n) is 3.22. The first-order valence-corrected chi connectivity index (χ1v) is 6.10. The van der Waals surface area contributed by atoms with Crippen LogP contribution in [0.4, 0.5) is 10.2 Å². The van der Waals surface area contributed by atoms with E-state index in [1.807, 2.05) is 11.8 Å². The van der Waals surface area contributed by atoms with Crippen LogP contribution in [0.3, 0.4) is 0 Å². The first-order valence-electron chi connectivity index (χ1n) is 4.98. The molecule has 0 saturated heterocycles. The maximum atomic E-state index is 13.7. The van der Waals surface area contributed by atoms with Crippen molar-refractivity contribution in [3.63, 3.8) is 0 Å². The van der Waals surface area contributed by atoms with Gasteiger partial charge < -0.3 is 4.90 Å². The van der Waals surface area contributed by atoms with Crippen molar-refractivity contribution in [3.05, 3.63) is 17.8 Å². The van der Waals surface area contributed by atoms with Gasteiger partial charge >= 0.3 is 0 Å². The highest BCUT2D eigenvalue weighted by atomic mass is 79.9. The number of hydrogen-bond acceptors (Lipinski definition) is 3. The third-order valence-electron chi connectivity index (χ3n) is 2.19. The number of alkyl halides is 1. The Balaban J connectivity index is 2.86. The third-order valence-corrected chi connectivity index (χ3v) is 2.75. The first kappa shape index (κ1) is 12.4. The van der Waals surface area contributed by atoms with E-state index in [0.717, 1.165) is 24.8 Å². The van der Waals surface area contributed by atoms with E-state index < -0.39 is 0 Å². The van der Waals surface area contributed by atoms with Crippen LogP contribution in [0.1, 0.15) is 19.0 Å². The van der Waals surface area contributed by atoms with Crippen molar-refractivity contribution in [2.24, 2.45) is 0 Å². The Morgan fingerprint density at radius 2 is 2.20 bits per heavy atom. The van der Waals surface area contributed by atoms with E-state index in [1.165, 1.54) is 6.33 Å². The highest BCUT2D eigenvalue weighted by Crippen LogP contribution is 2.17. The van der Waals surface area contributed by atoms with Gasteiger partial charge in [0.05, 0.1) is 5.69 Å². The van der Waals surface area contributed by atoms with E-state index in [9.17, 15) is 4.39 Å². The summed E-state index contributed by atoms with van der Waals surface area (Å²) in [5.41, 5.74) is 0.400. The maximum Gasteiger partial charge on any atom is 0.186 e. The molecule has 0 aliphatic rings. The van der Waals surface area contributed by atoms with Crippen LogP contribution >= 0.6 is 15.9 Å². The van der Waals surface area contributed by atoms with E-state index in [0.29, 0.717) is 11.5 Å². The molecule has 3 nitrogen and oxygen atoms in total. The normalized spacial score (nSPS) is 10.4. The van der Waals surface area contributed by atoms with Crippen molar-refractivity contribution in [1.82, 2.24) is 9.97 Å². The molecule has 0 N–H and O–H groups in total. The molecular formula is C10H15BrFN3. The van der Waals surface area contributed by atoms with Gasteiger partial charge in [-0.2, -0.15) is 0 Å². The van der Waals surface area contributed by atoms with Crippen LogP contribution in [0.5, 0.6) is 0 Å². The van der Waals surface area contributed by atoms with E-state index in [4.69, 9.17) is 0 Å². The minimum absolute atomic E-state index is 0.311. The fraction of sp³-hybridized carbons (Fsp3) is 0.600. The molecule has 15 heavy (non-hydrogen) atoms. The monoisotopic (exact) mass is 275 g/mol. The van der Waals surface area contributed by atoms with E-state index in [-0.39, 0.29) is 5.82 Å². The molecule has 0 amide bonds. The summed E-state index contributed by atoms with van der Waals surface area (Å²) in [5, 5.41) is 0.912. The van der Waals surface area contributed by atoms with E-state index >= 15 is 0 Å². The van der Waals surface area contributed by atoms with Crippen molar-refractivity contribution >= 4 is 21.7 Å². The average Bonchev–Trinajstić information content (AvgIpc) is 2.25. The number of anilines is 1. The predicted octanol–water partition coefficient (Wildman–Crippen LogP) is 2.54. The fourth-order valence-electron chi connectivity index (χ4n) is 1.33. The molecule has 1 aromatic heterocycles. The molecule has 0 aliphatic carbocycles. The Morgan fingerprint density at radius 1 is 1.47 bits per heavy atom. The second kappa shape index (κ2) is 6.00. The number of hydrogen-bond donors (Lipinski definition) is 0. The highest BCUT2D eigenvalue weighted by Gasteiger charge is 2.13. The third kappa shape index (κ3) is 3.12. The van der Waals surface area contributed by atoms with Crippen molar-refractivity contribution in [2.45, 2.75) is 20.3 Å². The van der Waals surface area contributed by atoms with Crippen molar-refractivity contribution < 1.29 is 4.39 Å².